The summed E-state index contributed by atoms with van der Waals surface area (Å²) in [6.07, 6.45) is 7.32. The van der Waals surface area contributed by atoms with Crippen LogP contribution in [0.2, 0.25) is 0 Å². The molecular formula is C16H28N4O. The zero-order valence-electron chi connectivity index (χ0n) is 13.5. The fourth-order valence-corrected chi connectivity index (χ4v) is 3.23. The van der Waals surface area contributed by atoms with Gasteiger partial charge in [-0.05, 0) is 38.6 Å². The second-order valence-electron chi connectivity index (χ2n) is 6.35. The largest absolute Gasteiger partial charge is 0.339 e. The number of aromatic nitrogens is 2. The highest BCUT2D eigenvalue weighted by atomic mass is 16.2. The number of carbonyl (C=O) groups excluding carboxylic acids is 1. The molecule has 118 valence electrons. The van der Waals surface area contributed by atoms with Crippen LogP contribution in [-0.4, -0.2) is 40.2 Å². The first-order valence-electron chi connectivity index (χ1n) is 8.04. The van der Waals surface area contributed by atoms with Crippen LogP contribution in [0.5, 0.6) is 0 Å². The molecule has 2 N–H and O–H groups in total. The smallest absolute Gasteiger partial charge is 0.257 e. The topological polar surface area (TPSA) is 64.2 Å². The van der Waals surface area contributed by atoms with E-state index in [9.17, 15) is 4.79 Å². The van der Waals surface area contributed by atoms with Gasteiger partial charge in [-0.3, -0.25) is 9.48 Å². The molecule has 2 unspecified atom stereocenters. The maximum Gasteiger partial charge on any atom is 0.257 e. The second-order valence-corrected chi connectivity index (χ2v) is 6.35. The number of hydrogen-bond acceptors (Lipinski definition) is 3. The summed E-state index contributed by atoms with van der Waals surface area (Å²) >= 11 is 0. The predicted octanol–water partition coefficient (Wildman–Crippen LogP) is 2.19. The zero-order chi connectivity index (χ0) is 15.4. The minimum Gasteiger partial charge on any atom is -0.339 e. The third-order valence-corrected chi connectivity index (χ3v) is 4.68. The van der Waals surface area contributed by atoms with E-state index in [1.807, 2.05) is 23.6 Å². The number of amides is 1. The molecule has 1 aromatic rings. The summed E-state index contributed by atoms with van der Waals surface area (Å²) in [4.78, 5) is 14.6. The van der Waals surface area contributed by atoms with Gasteiger partial charge in [0.2, 0.25) is 0 Å². The van der Waals surface area contributed by atoms with Crippen LogP contribution in [0.3, 0.4) is 0 Å². The second kappa shape index (κ2) is 7.07. The lowest BCUT2D eigenvalue weighted by molar-refractivity contribution is 0.0671. The molecule has 0 radical (unpaired) electrons. The average Bonchev–Trinajstić information content (AvgIpc) is 2.84. The molecule has 5 nitrogen and oxygen atoms in total. The summed E-state index contributed by atoms with van der Waals surface area (Å²) in [5.41, 5.74) is 7.21. The Morgan fingerprint density at radius 2 is 2.29 bits per heavy atom. The van der Waals surface area contributed by atoms with Crippen molar-refractivity contribution < 1.29 is 4.79 Å². The molecule has 1 saturated carbocycles. The van der Waals surface area contributed by atoms with Crippen molar-refractivity contribution in [1.29, 1.82) is 0 Å². The first kappa shape index (κ1) is 16.0. The lowest BCUT2D eigenvalue weighted by atomic mass is 9.86. The van der Waals surface area contributed by atoms with Gasteiger partial charge in [0.1, 0.15) is 0 Å². The molecule has 1 aliphatic rings. The van der Waals surface area contributed by atoms with Crippen LogP contribution < -0.4 is 5.73 Å². The molecule has 1 aliphatic carbocycles. The molecule has 2 rings (SSSR count). The molecular weight excluding hydrogens is 264 g/mol. The minimum atomic E-state index is 0.102. The van der Waals surface area contributed by atoms with Gasteiger partial charge in [0.05, 0.1) is 11.8 Å². The van der Waals surface area contributed by atoms with Crippen molar-refractivity contribution >= 4 is 5.91 Å². The van der Waals surface area contributed by atoms with Gasteiger partial charge in [0.25, 0.3) is 5.91 Å². The molecule has 2 atom stereocenters. The third kappa shape index (κ3) is 3.64. The number of nitrogens with zero attached hydrogens (tertiary/aromatic N) is 3. The van der Waals surface area contributed by atoms with Crippen molar-refractivity contribution in [2.75, 3.05) is 13.6 Å². The van der Waals surface area contributed by atoms with Crippen LogP contribution in [-0.2, 0) is 6.54 Å². The average molecular weight is 292 g/mol. The maximum atomic E-state index is 12.7. The van der Waals surface area contributed by atoms with E-state index >= 15 is 0 Å². The predicted molar refractivity (Wildman–Crippen MR) is 84.1 cm³/mol. The van der Waals surface area contributed by atoms with Crippen molar-refractivity contribution in [3.05, 3.63) is 17.5 Å². The van der Waals surface area contributed by atoms with E-state index in [1.165, 1.54) is 12.8 Å². The maximum absolute atomic E-state index is 12.7. The Balaban J connectivity index is 2.06. The number of hydrogen-bond donors (Lipinski definition) is 1. The summed E-state index contributed by atoms with van der Waals surface area (Å²) in [6.45, 7) is 5.66. The Morgan fingerprint density at radius 1 is 1.52 bits per heavy atom. The van der Waals surface area contributed by atoms with Crippen LogP contribution in [0.1, 0.15) is 55.1 Å². The van der Waals surface area contributed by atoms with Gasteiger partial charge in [-0.25, -0.2) is 0 Å². The molecule has 0 spiro atoms. The van der Waals surface area contributed by atoms with Crippen molar-refractivity contribution in [2.45, 2.75) is 58.5 Å². The summed E-state index contributed by atoms with van der Waals surface area (Å²) in [7, 11) is 1.93. The van der Waals surface area contributed by atoms with E-state index in [0.717, 1.165) is 37.1 Å². The van der Waals surface area contributed by atoms with E-state index in [2.05, 4.69) is 12.0 Å². The van der Waals surface area contributed by atoms with Crippen LogP contribution in [0.25, 0.3) is 0 Å². The number of carbonyl (C=O) groups is 1. The molecule has 0 aromatic carbocycles. The fourth-order valence-electron chi connectivity index (χ4n) is 3.23. The first-order valence-corrected chi connectivity index (χ1v) is 8.04. The van der Waals surface area contributed by atoms with Crippen LogP contribution in [0, 0.1) is 12.8 Å². The standard InChI is InChI=1S/C16H28N4O/c1-12-6-4-7-14(10-12)19(3)16(21)15-11-18-20(13(15)2)9-5-8-17/h11-12,14H,4-10,17H2,1-3H3. The molecule has 21 heavy (non-hydrogen) atoms. The van der Waals surface area contributed by atoms with Gasteiger partial charge in [0, 0.05) is 25.3 Å². The molecule has 0 saturated heterocycles. The minimum absolute atomic E-state index is 0.102. The third-order valence-electron chi connectivity index (χ3n) is 4.68. The summed E-state index contributed by atoms with van der Waals surface area (Å²) in [6, 6.07) is 0.369. The highest BCUT2D eigenvalue weighted by Gasteiger charge is 2.27. The fraction of sp³-hybridized carbons (Fsp3) is 0.750. The lowest BCUT2D eigenvalue weighted by Gasteiger charge is -2.34. The molecule has 0 bridgehead atoms. The normalized spacial score (nSPS) is 22.3. The Hall–Kier alpha value is -1.36. The van der Waals surface area contributed by atoms with Gasteiger partial charge in [-0.2, -0.15) is 5.10 Å². The summed E-state index contributed by atoms with van der Waals surface area (Å²) < 4.78 is 1.89. The molecule has 1 aromatic heterocycles. The molecule has 5 heteroatoms. The number of aryl methyl sites for hydroxylation is 1. The quantitative estimate of drug-likeness (QED) is 0.904. The van der Waals surface area contributed by atoms with E-state index in [1.54, 1.807) is 6.20 Å². The Labute approximate surface area is 127 Å². The number of rotatable bonds is 5. The van der Waals surface area contributed by atoms with E-state index in [0.29, 0.717) is 18.5 Å². The van der Waals surface area contributed by atoms with Gasteiger partial charge >= 0.3 is 0 Å². The van der Waals surface area contributed by atoms with E-state index in [-0.39, 0.29) is 5.91 Å². The zero-order valence-corrected chi connectivity index (χ0v) is 13.5. The highest BCUT2D eigenvalue weighted by molar-refractivity contribution is 5.95. The van der Waals surface area contributed by atoms with E-state index < -0.39 is 0 Å². The van der Waals surface area contributed by atoms with E-state index in [4.69, 9.17) is 5.73 Å². The van der Waals surface area contributed by atoms with Crippen molar-refractivity contribution in [1.82, 2.24) is 14.7 Å². The van der Waals surface area contributed by atoms with Crippen LogP contribution in [0.15, 0.2) is 6.20 Å². The monoisotopic (exact) mass is 292 g/mol. The van der Waals surface area contributed by atoms with Crippen LogP contribution in [0.4, 0.5) is 0 Å². The highest BCUT2D eigenvalue weighted by Crippen LogP contribution is 2.27. The Morgan fingerprint density at radius 3 is 2.95 bits per heavy atom. The Kier molecular flexibility index (Phi) is 5.39. The molecule has 1 fully saturated rings. The molecule has 1 amide bonds. The van der Waals surface area contributed by atoms with Gasteiger partial charge in [-0.1, -0.05) is 19.8 Å². The van der Waals surface area contributed by atoms with Crippen LogP contribution >= 0.6 is 0 Å². The van der Waals surface area contributed by atoms with Gasteiger partial charge < -0.3 is 10.6 Å². The van der Waals surface area contributed by atoms with Gasteiger partial charge in [-0.15, -0.1) is 0 Å². The lowest BCUT2D eigenvalue weighted by Crippen LogP contribution is -2.40. The summed E-state index contributed by atoms with van der Waals surface area (Å²) in [5.74, 6) is 0.818. The molecule has 0 aliphatic heterocycles. The van der Waals surface area contributed by atoms with Crippen molar-refractivity contribution in [3.8, 4) is 0 Å². The van der Waals surface area contributed by atoms with Crippen molar-refractivity contribution in [2.24, 2.45) is 11.7 Å². The summed E-state index contributed by atoms with van der Waals surface area (Å²) in [5, 5.41) is 4.33. The first-order chi connectivity index (χ1) is 10.0. The number of nitrogens with two attached hydrogens (primary N) is 1. The Bertz CT molecular complexity index is 483. The van der Waals surface area contributed by atoms with Gasteiger partial charge in [0.15, 0.2) is 0 Å². The van der Waals surface area contributed by atoms with Crippen molar-refractivity contribution in [3.63, 3.8) is 0 Å². The molecule has 1 heterocycles. The SMILES string of the molecule is Cc1c(C(=O)N(C)C2CCCC(C)C2)cnn1CCCN.